The lowest BCUT2D eigenvalue weighted by molar-refractivity contribution is 0.0123. The molecule has 0 aromatic carbocycles. The van der Waals surface area contributed by atoms with Crippen molar-refractivity contribution in [2.45, 2.75) is 52.4 Å². The molecule has 0 aromatic heterocycles. The second-order valence-corrected chi connectivity index (χ2v) is 7.75. The number of fused-ring (bicyclic) bond motifs is 5. The fourth-order valence-corrected chi connectivity index (χ4v) is 5.75. The minimum atomic E-state index is 0.394. The Kier molecular flexibility index (Phi) is 2.44. The highest BCUT2D eigenvalue weighted by Crippen LogP contribution is 2.62. The lowest BCUT2D eigenvalue weighted by Crippen LogP contribution is -2.47. The van der Waals surface area contributed by atoms with Crippen LogP contribution >= 0.6 is 0 Å². The van der Waals surface area contributed by atoms with Crippen molar-refractivity contribution in [1.29, 1.82) is 0 Å². The van der Waals surface area contributed by atoms with Crippen LogP contribution in [0.15, 0.2) is 36.0 Å². The maximum absolute atomic E-state index is 2.62. The summed E-state index contributed by atoms with van der Waals surface area (Å²) in [6, 6.07) is 0. The molecule has 5 atom stereocenters. The van der Waals surface area contributed by atoms with Gasteiger partial charge in [0.15, 0.2) is 0 Å². The van der Waals surface area contributed by atoms with E-state index in [0.29, 0.717) is 10.8 Å². The van der Waals surface area contributed by atoms with Gasteiger partial charge in [-0.1, -0.05) is 49.8 Å². The molecular weight excluding hydrogens is 228 g/mol. The first-order valence-corrected chi connectivity index (χ1v) is 8.18. The molecule has 0 aromatic rings. The summed E-state index contributed by atoms with van der Waals surface area (Å²) < 4.78 is 0. The summed E-state index contributed by atoms with van der Waals surface area (Å²) in [5.41, 5.74) is 2.66. The van der Waals surface area contributed by atoms with Gasteiger partial charge >= 0.3 is 0 Å². The maximum atomic E-state index is 2.62. The molecule has 0 N–H and O–H groups in total. The molecular formula is C19H26. The summed E-state index contributed by atoms with van der Waals surface area (Å²) in [5.74, 6) is 2.74. The van der Waals surface area contributed by atoms with Gasteiger partial charge in [-0.25, -0.2) is 0 Å². The molecule has 0 aliphatic heterocycles. The van der Waals surface area contributed by atoms with Crippen LogP contribution in [0.2, 0.25) is 0 Å². The Balaban J connectivity index is 1.74. The number of allylic oxidation sites excluding steroid dienone is 6. The monoisotopic (exact) mass is 254 g/mol. The van der Waals surface area contributed by atoms with Crippen LogP contribution in [-0.4, -0.2) is 0 Å². The number of hydrogen-bond acceptors (Lipinski definition) is 0. The summed E-state index contributed by atoms with van der Waals surface area (Å²) >= 11 is 0. The fourth-order valence-electron chi connectivity index (χ4n) is 5.75. The van der Waals surface area contributed by atoms with Gasteiger partial charge in [0.25, 0.3) is 0 Å². The molecule has 0 heterocycles. The van der Waals surface area contributed by atoms with Gasteiger partial charge in [-0.3, -0.25) is 0 Å². The van der Waals surface area contributed by atoms with Crippen molar-refractivity contribution in [2.24, 2.45) is 28.6 Å². The normalized spacial score (nSPS) is 51.3. The third-order valence-electron chi connectivity index (χ3n) is 6.91. The predicted molar refractivity (Wildman–Crippen MR) is 80.7 cm³/mol. The molecule has 0 nitrogen and oxygen atoms in total. The van der Waals surface area contributed by atoms with Gasteiger partial charge < -0.3 is 0 Å². The summed E-state index contributed by atoms with van der Waals surface area (Å²) in [6.45, 7) is 5.03. The summed E-state index contributed by atoms with van der Waals surface area (Å²) in [5, 5.41) is 0. The van der Waals surface area contributed by atoms with E-state index >= 15 is 0 Å². The van der Waals surface area contributed by atoms with Crippen molar-refractivity contribution in [1.82, 2.24) is 0 Å². The van der Waals surface area contributed by atoms with Crippen LogP contribution in [0.1, 0.15) is 52.4 Å². The van der Waals surface area contributed by atoms with Crippen LogP contribution in [-0.2, 0) is 0 Å². The van der Waals surface area contributed by atoms with Gasteiger partial charge in [0, 0.05) is 5.41 Å². The van der Waals surface area contributed by atoms with Crippen LogP contribution < -0.4 is 0 Å². The molecule has 0 spiro atoms. The van der Waals surface area contributed by atoms with E-state index in [1.807, 2.05) is 0 Å². The van der Waals surface area contributed by atoms with E-state index in [2.05, 4.69) is 44.2 Å². The molecule has 1 fully saturated rings. The summed E-state index contributed by atoms with van der Waals surface area (Å²) in [6.07, 6.45) is 20.7. The molecule has 19 heavy (non-hydrogen) atoms. The molecule has 0 amide bonds. The topological polar surface area (TPSA) is 0 Å². The third-order valence-corrected chi connectivity index (χ3v) is 6.91. The molecule has 1 saturated carbocycles. The Bertz CT molecular complexity index is 480. The zero-order valence-electron chi connectivity index (χ0n) is 12.4. The molecule has 0 heteroatoms. The minimum Gasteiger partial charge on any atom is -0.0877 e. The van der Waals surface area contributed by atoms with Gasteiger partial charge in [-0.15, -0.1) is 0 Å². The second-order valence-electron chi connectivity index (χ2n) is 7.75. The highest BCUT2D eigenvalue weighted by atomic mass is 14.6. The van der Waals surface area contributed by atoms with Crippen LogP contribution in [0.3, 0.4) is 0 Å². The Morgan fingerprint density at radius 1 is 1.05 bits per heavy atom. The van der Waals surface area contributed by atoms with E-state index in [9.17, 15) is 0 Å². The van der Waals surface area contributed by atoms with Crippen molar-refractivity contribution in [3.63, 3.8) is 0 Å². The average molecular weight is 254 g/mol. The smallest absolute Gasteiger partial charge is 0.00936 e. The lowest BCUT2D eigenvalue weighted by Gasteiger charge is -2.55. The van der Waals surface area contributed by atoms with Crippen molar-refractivity contribution in [3.8, 4) is 0 Å². The van der Waals surface area contributed by atoms with E-state index in [0.717, 1.165) is 17.8 Å². The molecule has 0 unspecified atom stereocenters. The van der Waals surface area contributed by atoms with Gasteiger partial charge in [-0.2, -0.15) is 0 Å². The Morgan fingerprint density at radius 2 is 1.95 bits per heavy atom. The van der Waals surface area contributed by atoms with E-state index in [1.54, 1.807) is 5.57 Å². The Morgan fingerprint density at radius 3 is 2.84 bits per heavy atom. The zero-order valence-corrected chi connectivity index (χ0v) is 12.4. The lowest BCUT2D eigenvalue weighted by atomic mass is 9.49. The van der Waals surface area contributed by atoms with E-state index in [1.165, 1.54) is 38.5 Å². The first kappa shape index (κ1) is 12.0. The van der Waals surface area contributed by atoms with Crippen molar-refractivity contribution < 1.29 is 0 Å². The third kappa shape index (κ3) is 1.52. The first-order chi connectivity index (χ1) is 9.13. The van der Waals surface area contributed by atoms with E-state index in [-0.39, 0.29) is 0 Å². The first-order valence-electron chi connectivity index (χ1n) is 8.18. The minimum absolute atomic E-state index is 0.394. The molecule has 4 aliphatic rings. The maximum Gasteiger partial charge on any atom is 0.00936 e. The summed E-state index contributed by atoms with van der Waals surface area (Å²) in [4.78, 5) is 0. The average Bonchev–Trinajstić information content (AvgIpc) is 2.79. The van der Waals surface area contributed by atoms with Crippen LogP contribution in [0.25, 0.3) is 0 Å². The standard InChI is InChI=1S/C19H26/c1-18-11-5-7-16(18)15-9-8-14-6-3-4-12-19(14,2)17(15)10-13-18/h4-5,8,11-12,15-17H,3,6-7,9-10,13H2,1-2H3/t15-,16-,17+,18-,19-/m0/s1. The highest BCUT2D eigenvalue weighted by molar-refractivity contribution is 5.32. The zero-order chi connectivity index (χ0) is 13.1. The molecule has 0 saturated heterocycles. The van der Waals surface area contributed by atoms with Gasteiger partial charge in [-0.05, 0) is 61.7 Å². The Hall–Kier alpha value is -0.780. The van der Waals surface area contributed by atoms with Crippen LogP contribution in [0.4, 0.5) is 0 Å². The molecule has 4 rings (SSSR count). The second kappa shape index (κ2) is 3.87. The van der Waals surface area contributed by atoms with Gasteiger partial charge in [0.05, 0.1) is 0 Å². The van der Waals surface area contributed by atoms with E-state index in [4.69, 9.17) is 0 Å². The number of rotatable bonds is 0. The fraction of sp³-hybridized carbons (Fsp3) is 0.684. The number of hydrogen-bond donors (Lipinski definition) is 0. The van der Waals surface area contributed by atoms with Crippen molar-refractivity contribution in [3.05, 3.63) is 36.0 Å². The van der Waals surface area contributed by atoms with Crippen molar-refractivity contribution in [2.75, 3.05) is 0 Å². The van der Waals surface area contributed by atoms with Crippen LogP contribution in [0.5, 0.6) is 0 Å². The van der Waals surface area contributed by atoms with Crippen LogP contribution in [0, 0.1) is 28.6 Å². The molecule has 4 aliphatic carbocycles. The summed E-state index contributed by atoms with van der Waals surface area (Å²) in [7, 11) is 0. The predicted octanol–water partition coefficient (Wildman–Crippen LogP) is 5.28. The quantitative estimate of drug-likeness (QED) is 0.516. The molecule has 102 valence electrons. The van der Waals surface area contributed by atoms with E-state index < -0.39 is 0 Å². The molecule has 0 bridgehead atoms. The highest BCUT2D eigenvalue weighted by Gasteiger charge is 2.53. The molecule has 0 radical (unpaired) electrons. The van der Waals surface area contributed by atoms with Gasteiger partial charge in [0.2, 0.25) is 0 Å². The largest absolute Gasteiger partial charge is 0.0877 e. The van der Waals surface area contributed by atoms with Gasteiger partial charge in [0.1, 0.15) is 0 Å². The van der Waals surface area contributed by atoms with Crippen molar-refractivity contribution >= 4 is 0 Å². The SMILES string of the molecule is C[C@@]12C=CC[C@H]1[C@@H]1CC=C3CCC=C[C@]3(C)[C@@H]1CC2. The Labute approximate surface area is 117 Å².